The van der Waals surface area contributed by atoms with Gasteiger partial charge in [0.15, 0.2) is 0 Å². The molecule has 0 fully saturated rings. The van der Waals surface area contributed by atoms with Crippen LogP contribution in [0.25, 0.3) is 0 Å². The molecule has 0 saturated carbocycles. The Kier molecular flexibility index (Phi) is 6.53. The molecule has 0 aliphatic carbocycles. The summed E-state index contributed by atoms with van der Waals surface area (Å²) in [5.41, 5.74) is 7.06. The van der Waals surface area contributed by atoms with Crippen molar-refractivity contribution in [2.75, 3.05) is 6.61 Å². The molecule has 0 aliphatic rings. The standard InChI is InChI=1S/C15H24N2O2/c1-11(10-18)12(2)17-15(19)14(16)9-8-13-6-4-3-5-7-13/h3-7,11-12,14,18H,8-10,16H2,1-2H3,(H,17,19)/t11?,12?,14-/m0/s1. The summed E-state index contributed by atoms with van der Waals surface area (Å²) in [6.45, 7) is 3.82. The van der Waals surface area contributed by atoms with E-state index in [1.54, 1.807) is 0 Å². The summed E-state index contributed by atoms with van der Waals surface area (Å²) in [5.74, 6) is -0.117. The van der Waals surface area contributed by atoms with E-state index in [1.807, 2.05) is 44.2 Å². The van der Waals surface area contributed by atoms with Crippen LogP contribution in [0.1, 0.15) is 25.8 Å². The summed E-state index contributed by atoms with van der Waals surface area (Å²) in [5, 5.41) is 11.9. The zero-order chi connectivity index (χ0) is 14.3. The van der Waals surface area contributed by atoms with Gasteiger partial charge in [-0.25, -0.2) is 0 Å². The third-order valence-corrected chi connectivity index (χ3v) is 3.44. The Morgan fingerprint density at radius 2 is 1.95 bits per heavy atom. The number of aliphatic hydroxyl groups is 1. The van der Waals surface area contributed by atoms with Crippen molar-refractivity contribution >= 4 is 5.91 Å². The number of rotatable bonds is 7. The molecule has 1 aromatic carbocycles. The highest BCUT2D eigenvalue weighted by molar-refractivity contribution is 5.81. The number of carbonyl (C=O) groups excluding carboxylic acids is 1. The van der Waals surface area contributed by atoms with Crippen LogP contribution in [0.2, 0.25) is 0 Å². The first-order chi connectivity index (χ1) is 9.04. The van der Waals surface area contributed by atoms with Crippen LogP contribution in [-0.2, 0) is 11.2 Å². The Bertz CT molecular complexity index is 381. The lowest BCUT2D eigenvalue weighted by atomic mass is 10.0. The van der Waals surface area contributed by atoms with Crippen molar-refractivity contribution in [3.63, 3.8) is 0 Å². The maximum atomic E-state index is 11.9. The second-order valence-corrected chi connectivity index (χ2v) is 5.09. The van der Waals surface area contributed by atoms with Gasteiger partial charge in [0.2, 0.25) is 5.91 Å². The van der Waals surface area contributed by atoms with Crippen molar-refractivity contribution in [3.05, 3.63) is 35.9 Å². The van der Waals surface area contributed by atoms with Gasteiger partial charge in [0.1, 0.15) is 0 Å². The van der Waals surface area contributed by atoms with E-state index in [0.29, 0.717) is 6.42 Å². The number of aryl methyl sites for hydroxylation is 1. The van der Waals surface area contributed by atoms with E-state index >= 15 is 0 Å². The van der Waals surface area contributed by atoms with Crippen LogP contribution in [0.15, 0.2) is 30.3 Å². The summed E-state index contributed by atoms with van der Waals surface area (Å²) < 4.78 is 0. The Hall–Kier alpha value is -1.39. The van der Waals surface area contributed by atoms with E-state index < -0.39 is 6.04 Å². The molecular formula is C15H24N2O2. The molecule has 4 N–H and O–H groups in total. The summed E-state index contributed by atoms with van der Waals surface area (Å²) in [4.78, 5) is 11.9. The van der Waals surface area contributed by atoms with Crippen molar-refractivity contribution in [2.45, 2.75) is 38.8 Å². The van der Waals surface area contributed by atoms with Gasteiger partial charge < -0.3 is 16.2 Å². The summed E-state index contributed by atoms with van der Waals surface area (Å²) in [7, 11) is 0. The Morgan fingerprint density at radius 1 is 1.32 bits per heavy atom. The van der Waals surface area contributed by atoms with Crippen molar-refractivity contribution in [2.24, 2.45) is 11.7 Å². The zero-order valence-corrected chi connectivity index (χ0v) is 11.7. The molecule has 19 heavy (non-hydrogen) atoms. The second-order valence-electron chi connectivity index (χ2n) is 5.09. The zero-order valence-electron chi connectivity index (χ0n) is 11.7. The van der Waals surface area contributed by atoms with Crippen LogP contribution >= 0.6 is 0 Å². The monoisotopic (exact) mass is 264 g/mol. The number of nitrogens with two attached hydrogens (primary N) is 1. The third-order valence-electron chi connectivity index (χ3n) is 3.44. The first-order valence-electron chi connectivity index (χ1n) is 6.75. The van der Waals surface area contributed by atoms with Gasteiger partial charge in [0, 0.05) is 12.6 Å². The average Bonchev–Trinajstić information content (AvgIpc) is 2.44. The fourth-order valence-electron chi connectivity index (χ4n) is 1.73. The van der Waals surface area contributed by atoms with Gasteiger partial charge in [0.05, 0.1) is 6.04 Å². The molecule has 4 nitrogen and oxygen atoms in total. The lowest BCUT2D eigenvalue weighted by Gasteiger charge is -2.21. The van der Waals surface area contributed by atoms with Crippen molar-refractivity contribution < 1.29 is 9.90 Å². The van der Waals surface area contributed by atoms with Gasteiger partial charge >= 0.3 is 0 Å². The molecule has 0 saturated heterocycles. The highest BCUT2D eigenvalue weighted by Gasteiger charge is 2.18. The van der Waals surface area contributed by atoms with E-state index in [0.717, 1.165) is 6.42 Å². The van der Waals surface area contributed by atoms with Gasteiger partial charge in [-0.2, -0.15) is 0 Å². The number of carbonyl (C=O) groups is 1. The maximum absolute atomic E-state index is 11.9. The Balaban J connectivity index is 2.37. The number of nitrogens with one attached hydrogen (secondary N) is 1. The van der Waals surface area contributed by atoms with Gasteiger partial charge in [0.25, 0.3) is 0 Å². The number of hydrogen-bond acceptors (Lipinski definition) is 3. The normalized spacial score (nSPS) is 15.6. The molecule has 0 radical (unpaired) electrons. The first-order valence-corrected chi connectivity index (χ1v) is 6.75. The minimum atomic E-state index is -0.506. The number of aliphatic hydroxyl groups excluding tert-OH is 1. The lowest BCUT2D eigenvalue weighted by Crippen LogP contribution is -2.47. The van der Waals surface area contributed by atoms with Crippen LogP contribution in [-0.4, -0.2) is 29.7 Å². The van der Waals surface area contributed by atoms with Gasteiger partial charge in [-0.3, -0.25) is 4.79 Å². The molecule has 1 amide bonds. The first kappa shape index (κ1) is 15.7. The fourth-order valence-corrected chi connectivity index (χ4v) is 1.73. The predicted molar refractivity (Wildman–Crippen MR) is 76.6 cm³/mol. The van der Waals surface area contributed by atoms with Crippen LogP contribution in [0.3, 0.4) is 0 Å². The van der Waals surface area contributed by atoms with Crippen molar-refractivity contribution in [1.82, 2.24) is 5.32 Å². The highest BCUT2D eigenvalue weighted by Crippen LogP contribution is 2.05. The largest absolute Gasteiger partial charge is 0.396 e. The number of benzene rings is 1. The minimum absolute atomic E-state index is 0.0327. The minimum Gasteiger partial charge on any atom is -0.396 e. The van der Waals surface area contributed by atoms with Crippen molar-refractivity contribution in [1.29, 1.82) is 0 Å². The quantitative estimate of drug-likeness (QED) is 0.690. The number of hydrogen-bond donors (Lipinski definition) is 3. The molecule has 0 aliphatic heterocycles. The summed E-state index contributed by atoms with van der Waals surface area (Å²) >= 11 is 0. The van der Waals surface area contributed by atoms with E-state index in [1.165, 1.54) is 5.56 Å². The molecule has 0 heterocycles. The topological polar surface area (TPSA) is 75.3 Å². The molecule has 4 heteroatoms. The Labute approximate surface area is 115 Å². The van der Waals surface area contributed by atoms with Crippen molar-refractivity contribution in [3.8, 4) is 0 Å². The average molecular weight is 264 g/mol. The van der Waals surface area contributed by atoms with Gasteiger partial charge in [-0.15, -0.1) is 0 Å². The van der Waals surface area contributed by atoms with Crippen LogP contribution in [0.4, 0.5) is 0 Å². The fraction of sp³-hybridized carbons (Fsp3) is 0.533. The van der Waals surface area contributed by atoms with Crippen LogP contribution in [0.5, 0.6) is 0 Å². The third kappa shape index (κ3) is 5.41. The Morgan fingerprint density at radius 3 is 2.53 bits per heavy atom. The predicted octanol–water partition coefficient (Wildman–Crippen LogP) is 1.08. The molecular weight excluding hydrogens is 240 g/mol. The summed E-state index contributed by atoms with van der Waals surface area (Å²) in [6.07, 6.45) is 1.41. The molecule has 106 valence electrons. The summed E-state index contributed by atoms with van der Waals surface area (Å²) in [6, 6.07) is 9.41. The van der Waals surface area contributed by atoms with E-state index in [-0.39, 0.29) is 24.5 Å². The van der Waals surface area contributed by atoms with E-state index in [9.17, 15) is 4.79 Å². The maximum Gasteiger partial charge on any atom is 0.237 e. The molecule has 0 bridgehead atoms. The smallest absolute Gasteiger partial charge is 0.237 e. The molecule has 0 spiro atoms. The second kappa shape index (κ2) is 7.92. The molecule has 3 atom stereocenters. The molecule has 1 aromatic rings. The van der Waals surface area contributed by atoms with E-state index in [4.69, 9.17) is 10.8 Å². The van der Waals surface area contributed by atoms with Gasteiger partial charge in [-0.05, 0) is 31.2 Å². The van der Waals surface area contributed by atoms with Crippen LogP contribution < -0.4 is 11.1 Å². The SMILES string of the molecule is CC(CO)C(C)NC(=O)[C@@H](N)CCc1ccccc1. The molecule has 0 aromatic heterocycles. The highest BCUT2D eigenvalue weighted by atomic mass is 16.3. The van der Waals surface area contributed by atoms with Gasteiger partial charge in [-0.1, -0.05) is 37.3 Å². The molecule has 2 unspecified atom stereocenters. The molecule has 1 rings (SSSR count). The number of amides is 1. The van der Waals surface area contributed by atoms with Crippen LogP contribution in [0, 0.1) is 5.92 Å². The van der Waals surface area contributed by atoms with E-state index in [2.05, 4.69) is 5.32 Å². The lowest BCUT2D eigenvalue weighted by molar-refractivity contribution is -0.123.